The Morgan fingerprint density at radius 3 is 2.61 bits per heavy atom. The molecule has 0 aliphatic rings. The number of rotatable bonds is 12. The Balaban J connectivity index is 2.01. The van der Waals surface area contributed by atoms with Gasteiger partial charge in [-0.3, -0.25) is 0 Å². The first-order valence-electron chi connectivity index (χ1n) is 10.2. The number of unbranched alkanes of at least 4 members (excludes halogenated alkanes) is 5. The zero-order valence-electron chi connectivity index (χ0n) is 17.3. The molecule has 0 saturated carbocycles. The molecule has 6 nitrogen and oxygen atoms in total. The Morgan fingerprint density at radius 2 is 1.89 bits per heavy atom. The number of ether oxygens (including phenoxy) is 2. The Hall–Kier alpha value is -1.89. The number of esters is 1. The number of carbonyl (C=O) groups excluding carboxylic acids is 1. The molecular formula is C21H31NO5S. The molecule has 0 aliphatic carbocycles. The van der Waals surface area contributed by atoms with E-state index >= 15 is 0 Å². The van der Waals surface area contributed by atoms with Gasteiger partial charge in [-0.2, -0.15) is 4.98 Å². The van der Waals surface area contributed by atoms with Gasteiger partial charge in [0.25, 0.3) is 0 Å². The SMILES string of the molecule is CCCCCCCCOC(=O)c1sc2nc(OCC(C)CC)oc(=O)c2c1C. The van der Waals surface area contributed by atoms with Crippen molar-refractivity contribution in [2.45, 2.75) is 72.6 Å². The second-order valence-corrected chi connectivity index (χ2v) is 8.23. The summed E-state index contributed by atoms with van der Waals surface area (Å²) in [6, 6.07) is 0. The zero-order chi connectivity index (χ0) is 20.5. The summed E-state index contributed by atoms with van der Waals surface area (Å²) in [6.07, 6.45) is 7.67. The molecule has 0 bridgehead atoms. The van der Waals surface area contributed by atoms with Crippen molar-refractivity contribution in [3.8, 4) is 6.08 Å². The summed E-state index contributed by atoms with van der Waals surface area (Å²) in [5, 5.41) is 0.326. The van der Waals surface area contributed by atoms with E-state index in [1.165, 1.54) is 19.3 Å². The molecule has 0 aliphatic heterocycles. The highest BCUT2D eigenvalue weighted by molar-refractivity contribution is 7.20. The third kappa shape index (κ3) is 6.06. The van der Waals surface area contributed by atoms with Crippen molar-refractivity contribution in [2.24, 2.45) is 5.92 Å². The highest BCUT2D eigenvalue weighted by Crippen LogP contribution is 2.29. The molecule has 7 heteroatoms. The van der Waals surface area contributed by atoms with E-state index in [1.807, 2.05) is 6.92 Å². The van der Waals surface area contributed by atoms with E-state index in [-0.39, 0.29) is 6.08 Å². The minimum Gasteiger partial charge on any atom is -0.462 e. The number of carbonyl (C=O) groups is 1. The van der Waals surface area contributed by atoms with Crippen LogP contribution in [0.15, 0.2) is 9.21 Å². The van der Waals surface area contributed by atoms with Gasteiger partial charge in [0.15, 0.2) is 0 Å². The Bertz CT molecular complexity index is 826. The maximum Gasteiger partial charge on any atom is 0.397 e. The summed E-state index contributed by atoms with van der Waals surface area (Å²) in [4.78, 5) is 29.9. The minimum atomic E-state index is -0.534. The summed E-state index contributed by atoms with van der Waals surface area (Å²) in [5.41, 5.74) is 0.0237. The summed E-state index contributed by atoms with van der Waals surface area (Å²) in [5.74, 6) is -0.0732. The number of nitrogens with zero attached hydrogens (tertiary/aromatic N) is 1. The molecule has 0 fully saturated rings. The number of hydrogen-bond acceptors (Lipinski definition) is 7. The number of aromatic nitrogens is 1. The van der Waals surface area contributed by atoms with E-state index in [0.717, 1.165) is 37.0 Å². The summed E-state index contributed by atoms with van der Waals surface area (Å²) in [7, 11) is 0. The molecule has 2 aromatic rings. The number of aryl methyl sites for hydroxylation is 1. The van der Waals surface area contributed by atoms with Gasteiger partial charge in [-0.15, -0.1) is 11.3 Å². The highest BCUT2D eigenvalue weighted by atomic mass is 32.1. The maximum absolute atomic E-state index is 12.4. The van der Waals surface area contributed by atoms with E-state index in [0.29, 0.717) is 39.8 Å². The molecule has 156 valence electrons. The predicted molar refractivity (Wildman–Crippen MR) is 112 cm³/mol. The van der Waals surface area contributed by atoms with Crippen molar-refractivity contribution in [1.82, 2.24) is 4.98 Å². The van der Waals surface area contributed by atoms with Gasteiger partial charge in [-0.25, -0.2) is 9.59 Å². The van der Waals surface area contributed by atoms with Crippen LogP contribution in [-0.4, -0.2) is 24.2 Å². The second kappa shape index (κ2) is 11.2. The van der Waals surface area contributed by atoms with Crippen LogP contribution in [0.2, 0.25) is 0 Å². The standard InChI is InChI=1S/C21H31NO5S/c1-5-7-8-9-10-11-12-25-20(24)17-15(4)16-18(28-17)22-21(27-19(16)23)26-13-14(3)6-2/h14H,5-13H2,1-4H3. The number of hydrogen-bond donors (Lipinski definition) is 0. The normalized spacial score (nSPS) is 12.3. The minimum absolute atomic E-state index is 0.0500. The first-order chi connectivity index (χ1) is 13.5. The van der Waals surface area contributed by atoms with Gasteiger partial charge in [0.05, 0.1) is 13.2 Å². The lowest BCUT2D eigenvalue weighted by Crippen LogP contribution is -2.11. The zero-order valence-corrected chi connectivity index (χ0v) is 18.2. The van der Waals surface area contributed by atoms with Gasteiger partial charge in [0, 0.05) is 0 Å². The lowest BCUT2D eigenvalue weighted by Gasteiger charge is -2.08. The van der Waals surface area contributed by atoms with Gasteiger partial charge in [-0.05, 0) is 24.8 Å². The van der Waals surface area contributed by atoms with Gasteiger partial charge in [0.2, 0.25) is 0 Å². The van der Waals surface area contributed by atoms with Gasteiger partial charge >= 0.3 is 17.7 Å². The van der Waals surface area contributed by atoms with Crippen LogP contribution in [0.25, 0.3) is 10.2 Å². The monoisotopic (exact) mass is 409 g/mol. The number of thiophene rings is 1. The third-order valence-corrected chi connectivity index (χ3v) is 5.98. The Morgan fingerprint density at radius 1 is 1.18 bits per heavy atom. The molecule has 1 unspecified atom stereocenters. The molecule has 2 aromatic heterocycles. The lowest BCUT2D eigenvalue weighted by molar-refractivity contribution is 0.0503. The molecule has 1 atom stereocenters. The highest BCUT2D eigenvalue weighted by Gasteiger charge is 2.22. The van der Waals surface area contributed by atoms with Crippen molar-refractivity contribution >= 4 is 27.5 Å². The quantitative estimate of drug-likeness (QED) is 0.340. The average molecular weight is 410 g/mol. The van der Waals surface area contributed by atoms with Crippen LogP contribution in [0.4, 0.5) is 0 Å². The summed E-state index contributed by atoms with van der Waals surface area (Å²) >= 11 is 1.15. The Labute approximate surface area is 170 Å². The molecule has 0 N–H and O–H groups in total. The third-order valence-electron chi connectivity index (χ3n) is 4.81. The molecule has 0 spiro atoms. The molecule has 2 heterocycles. The summed E-state index contributed by atoms with van der Waals surface area (Å²) < 4.78 is 16.0. The van der Waals surface area contributed by atoms with E-state index in [1.54, 1.807) is 6.92 Å². The largest absolute Gasteiger partial charge is 0.462 e. The van der Waals surface area contributed by atoms with E-state index in [2.05, 4.69) is 18.8 Å². The van der Waals surface area contributed by atoms with E-state index in [4.69, 9.17) is 13.9 Å². The van der Waals surface area contributed by atoms with E-state index < -0.39 is 11.6 Å². The van der Waals surface area contributed by atoms with Crippen molar-refractivity contribution in [3.63, 3.8) is 0 Å². The molecule has 0 aromatic carbocycles. The molecule has 0 amide bonds. The molecule has 2 rings (SSSR count). The fourth-order valence-corrected chi connectivity index (χ4v) is 3.80. The van der Waals surface area contributed by atoms with Crippen LogP contribution >= 0.6 is 11.3 Å². The van der Waals surface area contributed by atoms with Crippen molar-refractivity contribution in [2.75, 3.05) is 13.2 Å². The smallest absolute Gasteiger partial charge is 0.397 e. The molecule has 0 radical (unpaired) electrons. The van der Waals surface area contributed by atoms with Crippen LogP contribution in [0.3, 0.4) is 0 Å². The van der Waals surface area contributed by atoms with Crippen LogP contribution < -0.4 is 10.4 Å². The summed E-state index contributed by atoms with van der Waals surface area (Å²) in [6.45, 7) is 8.83. The van der Waals surface area contributed by atoms with Gasteiger partial charge in [-0.1, -0.05) is 59.3 Å². The molecule has 28 heavy (non-hydrogen) atoms. The van der Waals surface area contributed by atoms with Crippen LogP contribution in [0, 0.1) is 12.8 Å². The maximum atomic E-state index is 12.4. The van der Waals surface area contributed by atoms with Crippen molar-refractivity contribution in [1.29, 1.82) is 0 Å². The lowest BCUT2D eigenvalue weighted by atomic mass is 10.1. The first-order valence-corrected chi connectivity index (χ1v) is 11.0. The fourth-order valence-electron chi connectivity index (χ4n) is 2.75. The van der Waals surface area contributed by atoms with E-state index in [9.17, 15) is 9.59 Å². The second-order valence-electron chi connectivity index (χ2n) is 7.23. The van der Waals surface area contributed by atoms with Crippen LogP contribution in [0.5, 0.6) is 6.08 Å². The number of fused-ring (bicyclic) bond motifs is 1. The predicted octanol–water partition coefficient (Wildman–Crippen LogP) is 5.50. The van der Waals surface area contributed by atoms with Crippen molar-refractivity contribution < 1.29 is 18.7 Å². The molecule has 0 saturated heterocycles. The average Bonchev–Trinajstić information content (AvgIpc) is 3.02. The van der Waals surface area contributed by atoms with Crippen LogP contribution in [-0.2, 0) is 4.74 Å². The van der Waals surface area contributed by atoms with Crippen LogP contribution in [0.1, 0.15) is 81.0 Å². The topological polar surface area (TPSA) is 78.6 Å². The fraction of sp³-hybridized carbons (Fsp3) is 0.667. The van der Waals surface area contributed by atoms with Gasteiger partial charge < -0.3 is 13.9 Å². The van der Waals surface area contributed by atoms with Gasteiger partial charge in [0.1, 0.15) is 15.1 Å². The molecular weight excluding hydrogens is 378 g/mol. The Kier molecular flexibility index (Phi) is 8.96. The first kappa shape index (κ1) is 22.4. The van der Waals surface area contributed by atoms with Crippen molar-refractivity contribution in [3.05, 3.63) is 20.9 Å².